The maximum Gasteiger partial charge on any atom is 0.434 e. The number of hydrogen-bond donors (Lipinski definition) is 2. The van der Waals surface area contributed by atoms with Crippen LogP contribution in [0.1, 0.15) is 92.1 Å². The van der Waals surface area contributed by atoms with Gasteiger partial charge in [0.25, 0.3) is 5.91 Å². The van der Waals surface area contributed by atoms with Crippen LogP contribution in [-0.2, 0) is 46.0 Å². The second-order valence-corrected chi connectivity index (χ2v) is 16.0. The van der Waals surface area contributed by atoms with Gasteiger partial charge in [-0.2, -0.15) is 13.2 Å². The third kappa shape index (κ3) is 11.8. The number of nitrogens with zero attached hydrogens (tertiary/aromatic N) is 4. The van der Waals surface area contributed by atoms with E-state index in [1.54, 1.807) is 14.0 Å². The third-order valence-corrected chi connectivity index (χ3v) is 11.6. The summed E-state index contributed by atoms with van der Waals surface area (Å²) in [6.07, 6.45) is -3.14. The quantitative estimate of drug-likeness (QED) is 0.229. The number of thiazole rings is 2. The molecule has 0 bridgehead atoms. The molecule has 3 heterocycles. The topological polar surface area (TPSA) is 169 Å². The van der Waals surface area contributed by atoms with Gasteiger partial charge in [0.1, 0.15) is 22.8 Å². The lowest BCUT2D eigenvalue weighted by Crippen LogP contribution is -2.59. The molecule has 4 rings (SSSR count). The molecule has 3 amide bonds. The van der Waals surface area contributed by atoms with Gasteiger partial charge in [-0.25, -0.2) is 9.97 Å². The van der Waals surface area contributed by atoms with E-state index >= 15 is 0 Å². The number of likely N-dealkylation sites (N-methyl/N-ethyl adjacent to an activating group) is 2. The van der Waals surface area contributed by atoms with E-state index in [-0.39, 0.29) is 59.3 Å². The van der Waals surface area contributed by atoms with Crippen molar-refractivity contribution < 1.29 is 51.4 Å². The highest BCUT2D eigenvalue weighted by molar-refractivity contribution is 7.10. The first-order valence-electron chi connectivity index (χ1n) is 17.9. The number of alkyl halides is 3. The molecular weight excluding hydrogens is 766 g/mol. The fourth-order valence-electron chi connectivity index (χ4n) is 6.40. The number of allylic oxidation sites excluding steroid dienone is 1. The molecule has 0 radical (unpaired) electrons. The van der Waals surface area contributed by atoms with E-state index in [2.05, 4.69) is 20.6 Å². The Morgan fingerprint density at radius 2 is 1.80 bits per heavy atom. The summed E-state index contributed by atoms with van der Waals surface area (Å²) in [5.74, 6) is -3.18. The van der Waals surface area contributed by atoms with Crippen LogP contribution in [0.15, 0.2) is 22.0 Å². The molecule has 1 saturated carbocycles. The van der Waals surface area contributed by atoms with Crippen LogP contribution >= 0.6 is 22.7 Å². The van der Waals surface area contributed by atoms with Crippen LogP contribution < -0.4 is 10.6 Å². The summed E-state index contributed by atoms with van der Waals surface area (Å²) in [6.45, 7) is 7.77. The van der Waals surface area contributed by atoms with Crippen LogP contribution in [0, 0.1) is 11.8 Å². The van der Waals surface area contributed by atoms with Gasteiger partial charge in [-0.3, -0.25) is 28.9 Å². The Morgan fingerprint density at radius 3 is 2.36 bits per heavy atom. The van der Waals surface area contributed by atoms with Crippen molar-refractivity contribution in [1.82, 2.24) is 30.4 Å². The first-order valence-corrected chi connectivity index (χ1v) is 19.7. The van der Waals surface area contributed by atoms with E-state index in [9.17, 15) is 37.1 Å². The summed E-state index contributed by atoms with van der Waals surface area (Å²) in [5.41, 5.74) is 0.191. The minimum absolute atomic E-state index is 0.0219. The highest BCUT2D eigenvalue weighted by Crippen LogP contribution is 2.35. The maximum atomic E-state index is 14.1. The van der Waals surface area contributed by atoms with E-state index in [0.717, 1.165) is 52.9 Å². The Bertz CT molecular complexity index is 1720. The Kier molecular flexibility index (Phi) is 15.3. The molecule has 2 aromatic heterocycles. The molecular formula is C36H49F3N6O8S2. The number of amides is 3. The van der Waals surface area contributed by atoms with Gasteiger partial charge in [-0.1, -0.05) is 18.9 Å². The molecule has 1 saturated heterocycles. The van der Waals surface area contributed by atoms with Gasteiger partial charge in [-0.05, 0) is 46.1 Å². The molecule has 5 atom stereocenters. The SMILES string of the molecule is COC(=O)[C@@H](C)C[C@H](Cc1nc(C(F)(F)F)cs1)NC(=O)c1csc([C@@H](CC(=C(C)C)N(C)C(=O)[C@@H](NC(=O)[C@H]2COCCN2C)C2CCC2)OC(C)=O)n1. The first-order chi connectivity index (χ1) is 25.9. The third-order valence-electron chi connectivity index (χ3n) is 9.75. The second-order valence-electron chi connectivity index (χ2n) is 14.1. The number of hydrogen-bond acceptors (Lipinski definition) is 13. The molecule has 14 nitrogen and oxygen atoms in total. The number of carbonyl (C=O) groups excluding carboxylic acids is 5. The average Bonchev–Trinajstić information content (AvgIpc) is 3.79. The summed E-state index contributed by atoms with van der Waals surface area (Å²) in [7, 11) is 4.66. The number of aromatic nitrogens is 2. The molecule has 1 aliphatic carbocycles. The van der Waals surface area contributed by atoms with Crippen LogP contribution in [0.5, 0.6) is 0 Å². The second kappa shape index (κ2) is 19.3. The lowest BCUT2D eigenvalue weighted by molar-refractivity contribution is -0.147. The maximum absolute atomic E-state index is 14.1. The van der Waals surface area contributed by atoms with Crippen molar-refractivity contribution in [3.8, 4) is 0 Å². The van der Waals surface area contributed by atoms with Gasteiger partial charge in [0.15, 0.2) is 11.8 Å². The lowest BCUT2D eigenvalue weighted by Gasteiger charge is -2.38. The van der Waals surface area contributed by atoms with Crippen molar-refractivity contribution in [2.45, 2.75) is 96.6 Å². The summed E-state index contributed by atoms with van der Waals surface area (Å²) >= 11 is 1.84. The average molecular weight is 815 g/mol. The van der Waals surface area contributed by atoms with Crippen LogP contribution in [0.2, 0.25) is 0 Å². The Morgan fingerprint density at radius 1 is 1.09 bits per heavy atom. The predicted octanol–water partition coefficient (Wildman–Crippen LogP) is 4.52. The van der Waals surface area contributed by atoms with Crippen molar-refractivity contribution in [3.05, 3.63) is 43.4 Å². The van der Waals surface area contributed by atoms with Gasteiger partial charge < -0.3 is 29.7 Å². The van der Waals surface area contributed by atoms with E-state index in [1.165, 1.54) is 24.3 Å². The smallest absolute Gasteiger partial charge is 0.434 e. The van der Waals surface area contributed by atoms with Crippen LogP contribution in [0.25, 0.3) is 0 Å². The Labute approximate surface area is 326 Å². The minimum atomic E-state index is -4.63. The number of morpholine rings is 1. The van der Waals surface area contributed by atoms with E-state index in [0.29, 0.717) is 18.8 Å². The Hall–Kier alpha value is -3.94. The molecule has 2 aromatic rings. The largest absolute Gasteiger partial charge is 0.469 e. The molecule has 2 aliphatic rings. The normalized spacial score (nSPS) is 18.5. The van der Waals surface area contributed by atoms with E-state index < -0.39 is 59.9 Å². The molecule has 2 N–H and O–H groups in total. The summed E-state index contributed by atoms with van der Waals surface area (Å²) in [4.78, 5) is 77.1. The zero-order valence-electron chi connectivity index (χ0n) is 32.0. The molecule has 304 valence electrons. The molecule has 19 heteroatoms. The fourth-order valence-corrected chi connectivity index (χ4v) is 8.11. The molecule has 0 unspecified atom stereocenters. The molecule has 0 spiro atoms. The van der Waals surface area contributed by atoms with Crippen molar-refractivity contribution in [3.63, 3.8) is 0 Å². The van der Waals surface area contributed by atoms with Crippen LogP contribution in [0.3, 0.4) is 0 Å². The predicted molar refractivity (Wildman–Crippen MR) is 197 cm³/mol. The number of methoxy groups -OCH3 is 1. The number of ether oxygens (including phenoxy) is 3. The first kappa shape index (κ1) is 43.8. The lowest BCUT2D eigenvalue weighted by atomic mass is 9.79. The Balaban J connectivity index is 1.52. The van der Waals surface area contributed by atoms with Gasteiger partial charge in [-0.15, -0.1) is 22.7 Å². The van der Waals surface area contributed by atoms with Crippen molar-refractivity contribution >= 4 is 52.3 Å². The van der Waals surface area contributed by atoms with Crippen LogP contribution in [0.4, 0.5) is 13.2 Å². The fraction of sp³-hybridized carbons (Fsp3) is 0.639. The zero-order chi connectivity index (χ0) is 40.6. The molecule has 0 aromatic carbocycles. The number of halogens is 3. The van der Waals surface area contributed by atoms with Gasteiger partial charge in [0, 0.05) is 55.9 Å². The highest BCUT2D eigenvalue weighted by atomic mass is 32.1. The minimum Gasteiger partial charge on any atom is -0.469 e. The van der Waals surface area contributed by atoms with Gasteiger partial charge in [0.05, 0.1) is 31.2 Å². The van der Waals surface area contributed by atoms with Gasteiger partial charge >= 0.3 is 18.1 Å². The standard InChI is InChI=1S/C36H49F3N6O8S2/c1-19(2)25(45(6)34(49)30(22-9-8-10-22)43-32(48)26-16-52-12-11-44(26)5)15-27(53-21(4)46)33-41-24(17-55-33)31(47)40-23(13-20(3)35(50)51-7)14-29-42-28(18-54-29)36(37,38)39/h17-18,20,22-23,26-27,30H,8-16H2,1-7H3,(H,40,47)(H,43,48)/t20-,23+,26+,27+,30-/m0/s1. The van der Waals surface area contributed by atoms with Crippen molar-refractivity contribution in [2.24, 2.45) is 11.8 Å². The zero-order valence-corrected chi connectivity index (χ0v) is 33.6. The monoisotopic (exact) mass is 814 g/mol. The number of nitrogens with one attached hydrogen (secondary N) is 2. The van der Waals surface area contributed by atoms with Crippen molar-refractivity contribution in [1.29, 1.82) is 0 Å². The number of esters is 2. The van der Waals surface area contributed by atoms with Crippen molar-refractivity contribution in [2.75, 3.05) is 41.0 Å². The van der Waals surface area contributed by atoms with Crippen LogP contribution in [-0.4, -0.2) is 109 Å². The van der Waals surface area contributed by atoms with E-state index in [1.807, 2.05) is 25.8 Å². The summed E-state index contributed by atoms with van der Waals surface area (Å²) in [6, 6.07) is -2.11. The number of carbonyl (C=O) groups is 5. The summed E-state index contributed by atoms with van der Waals surface area (Å²) in [5, 5.41) is 8.49. The summed E-state index contributed by atoms with van der Waals surface area (Å²) < 4.78 is 55.7. The molecule has 2 fully saturated rings. The van der Waals surface area contributed by atoms with E-state index in [4.69, 9.17) is 14.2 Å². The number of rotatable bonds is 16. The molecule has 55 heavy (non-hydrogen) atoms. The molecule has 1 aliphatic heterocycles. The van der Waals surface area contributed by atoms with Gasteiger partial charge in [0.2, 0.25) is 11.8 Å². The highest BCUT2D eigenvalue weighted by Gasteiger charge is 2.39.